The fraction of sp³-hybridized carbons (Fsp3) is 0.538. The maximum atomic E-state index is 12.5. The zero-order chi connectivity index (χ0) is 16.4. The van der Waals surface area contributed by atoms with E-state index in [-0.39, 0.29) is 13.2 Å². The summed E-state index contributed by atoms with van der Waals surface area (Å²) >= 11 is 0. The molecule has 1 aromatic heterocycles. The Morgan fingerprint density at radius 3 is 2.73 bits per heavy atom. The van der Waals surface area contributed by atoms with Gasteiger partial charge < -0.3 is 14.6 Å². The standard InChI is InChI=1S/C13H17N3O6/c1-7-6-9(14-15(7)3)16-4-5-21-10(12(16)18)11(13(19)20)22-8(2)17/h6,10-11H,4-5H2,1-3H3,(H,19,20)/t10-,11-/m1/s1. The number of ether oxygens (including phenoxy) is 2. The molecule has 0 aliphatic carbocycles. The molecule has 1 fully saturated rings. The van der Waals surface area contributed by atoms with E-state index in [1.807, 2.05) is 6.92 Å². The Labute approximate surface area is 126 Å². The first-order chi connectivity index (χ1) is 10.3. The SMILES string of the molecule is CC(=O)O[C@@H](C(=O)O)[C@H]1OCCN(c2cc(C)n(C)n2)C1=O. The lowest BCUT2D eigenvalue weighted by Gasteiger charge is -2.33. The van der Waals surface area contributed by atoms with Gasteiger partial charge in [0.2, 0.25) is 6.10 Å². The molecular formula is C13H17N3O6. The molecule has 9 nitrogen and oxygen atoms in total. The first kappa shape index (κ1) is 16.0. The maximum Gasteiger partial charge on any atom is 0.348 e. The Balaban J connectivity index is 2.25. The van der Waals surface area contributed by atoms with Crippen LogP contribution in [-0.4, -0.2) is 58.1 Å². The normalized spacial score (nSPS) is 19.9. The number of aromatic nitrogens is 2. The van der Waals surface area contributed by atoms with Crippen LogP contribution in [0.25, 0.3) is 0 Å². The Kier molecular flexibility index (Phi) is 4.45. The van der Waals surface area contributed by atoms with Crippen LogP contribution < -0.4 is 4.90 Å². The molecular weight excluding hydrogens is 294 g/mol. The number of rotatable bonds is 4. The third-order valence-electron chi connectivity index (χ3n) is 3.31. The summed E-state index contributed by atoms with van der Waals surface area (Å²) < 4.78 is 11.5. The maximum absolute atomic E-state index is 12.5. The van der Waals surface area contributed by atoms with Crippen LogP contribution in [0.5, 0.6) is 0 Å². The van der Waals surface area contributed by atoms with Gasteiger partial charge in [-0.05, 0) is 6.92 Å². The molecule has 0 unspecified atom stereocenters. The predicted molar refractivity (Wildman–Crippen MR) is 73.2 cm³/mol. The van der Waals surface area contributed by atoms with Gasteiger partial charge in [0.15, 0.2) is 11.9 Å². The van der Waals surface area contributed by atoms with Crippen LogP contribution in [0.2, 0.25) is 0 Å². The Morgan fingerprint density at radius 2 is 2.23 bits per heavy atom. The number of carboxylic acid groups (broad SMARTS) is 1. The number of esters is 1. The molecule has 0 aromatic carbocycles. The van der Waals surface area contributed by atoms with E-state index in [1.54, 1.807) is 17.8 Å². The van der Waals surface area contributed by atoms with Crippen molar-refractivity contribution >= 4 is 23.7 Å². The van der Waals surface area contributed by atoms with Gasteiger partial charge >= 0.3 is 11.9 Å². The summed E-state index contributed by atoms with van der Waals surface area (Å²) in [4.78, 5) is 36.1. The lowest BCUT2D eigenvalue weighted by Crippen LogP contribution is -2.55. The number of nitrogens with zero attached hydrogens (tertiary/aromatic N) is 3. The molecule has 2 atom stereocenters. The van der Waals surface area contributed by atoms with Crippen molar-refractivity contribution in [1.82, 2.24) is 9.78 Å². The number of amides is 1. The molecule has 1 aliphatic heterocycles. The third-order valence-corrected chi connectivity index (χ3v) is 3.31. The highest BCUT2D eigenvalue weighted by molar-refractivity contribution is 5.99. The molecule has 0 saturated carbocycles. The number of hydrogen-bond acceptors (Lipinski definition) is 6. The summed E-state index contributed by atoms with van der Waals surface area (Å²) in [7, 11) is 1.74. The third kappa shape index (κ3) is 3.08. The van der Waals surface area contributed by atoms with E-state index >= 15 is 0 Å². The van der Waals surface area contributed by atoms with Gasteiger partial charge in [0.05, 0.1) is 13.2 Å². The minimum atomic E-state index is -1.68. The summed E-state index contributed by atoms with van der Waals surface area (Å²) in [6.07, 6.45) is -3.07. The van der Waals surface area contributed by atoms with Crippen LogP contribution in [0.4, 0.5) is 5.82 Å². The molecule has 1 amide bonds. The van der Waals surface area contributed by atoms with Crippen LogP contribution in [0.15, 0.2) is 6.07 Å². The van der Waals surface area contributed by atoms with E-state index in [2.05, 4.69) is 5.10 Å². The largest absolute Gasteiger partial charge is 0.478 e. The van der Waals surface area contributed by atoms with Crippen molar-refractivity contribution in [2.24, 2.45) is 7.05 Å². The second-order valence-electron chi connectivity index (χ2n) is 4.92. The zero-order valence-electron chi connectivity index (χ0n) is 12.5. The molecule has 1 saturated heterocycles. The highest BCUT2D eigenvalue weighted by Crippen LogP contribution is 2.21. The van der Waals surface area contributed by atoms with Crippen molar-refractivity contribution in [3.63, 3.8) is 0 Å². The smallest absolute Gasteiger partial charge is 0.348 e. The minimum Gasteiger partial charge on any atom is -0.478 e. The topological polar surface area (TPSA) is 111 Å². The average molecular weight is 311 g/mol. The van der Waals surface area contributed by atoms with Gasteiger partial charge in [-0.25, -0.2) is 4.79 Å². The summed E-state index contributed by atoms with van der Waals surface area (Å²) in [5.74, 6) is -2.43. The van der Waals surface area contributed by atoms with E-state index < -0.39 is 30.1 Å². The van der Waals surface area contributed by atoms with Crippen molar-refractivity contribution in [2.75, 3.05) is 18.1 Å². The number of morpholine rings is 1. The van der Waals surface area contributed by atoms with Crippen molar-refractivity contribution in [2.45, 2.75) is 26.1 Å². The number of aliphatic carboxylic acids is 1. The molecule has 22 heavy (non-hydrogen) atoms. The van der Waals surface area contributed by atoms with Gasteiger partial charge in [-0.3, -0.25) is 19.2 Å². The number of hydrogen-bond donors (Lipinski definition) is 1. The molecule has 9 heteroatoms. The first-order valence-corrected chi connectivity index (χ1v) is 6.65. The van der Waals surface area contributed by atoms with Gasteiger partial charge in [0.25, 0.3) is 5.91 Å². The first-order valence-electron chi connectivity index (χ1n) is 6.65. The molecule has 1 aliphatic rings. The number of carbonyl (C=O) groups is 3. The highest BCUT2D eigenvalue weighted by atomic mass is 16.6. The van der Waals surface area contributed by atoms with Gasteiger partial charge in [-0.2, -0.15) is 5.10 Å². The summed E-state index contributed by atoms with van der Waals surface area (Å²) in [5.41, 5.74) is 0.848. The summed E-state index contributed by atoms with van der Waals surface area (Å²) in [5, 5.41) is 13.3. The predicted octanol–water partition coefficient (Wildman–Crippen LogP) is -0.523. The lowest BCUT2D eigenvalue weighted by atomic mass is 10.1. The van der Waals surface area contributed by atoms with E-state index in [0.717, 1.165) is 12.6 Å². The van der Waals surface area contributed by atoms with Crippen molar-refractivity contribution in [1.29, 1.82) is 0 Å². The monoisotopic (exact) mass is 311 g/mol. The zero-order valence-corrected chi connectivity index (χ0v) is 12.5. The average Bonchev–Trinajstić information content (AvgIpc) is 2.76. The fourth-order valence-corrected chi connectivity index (χ4v) is 2.14. The van der Waals surface area contributed by atoms with Crippen LogP contribution in [-0.2, 0) is 30.9 Å². The Morgan fingerprint density at radius 1 is 1.55 bits per heavy atom. The van der Waals surface area contributed by atoms with Gasteiger partial charge in [0, 0.05) is 25.7 Å². The van der Waals surface area contributed by atoms with Crippen molar-refractivity contribution in [3.8, 4) is 0 Å². The fourth-order valence-electron chi connectivity index (χ4n) is 2.14. The quantitative estimate of drug-likeness (QED) is 0.744. The Hall–Kier alpha value is -2.42. The number of anilines is 1. The molecule has 0 spiro atoms. The van der Waals surface area contributed by atoms with E-state index in [4.69, 9.17) is 14.6 Å². The summed E-state index contributed by atoms with van der Waals surface area (Å²) in [6.45, 7) is 3.27. The number of carbonyl (C=O) groups excluding carboxylic acids is 2. The second-order valence-corrected chi connectivity index (χ2v) is 4.92. The van der Waals surface area contributed by atoms with Crippen molar-refractivity contribution in [3.05, 3.63) is 11.8 Å². The van der Waals surface area contributed by atoms with Crippen LogP contribution >= 0.6 is 0 Å². The van der Waals surface area contributed by atoms with Crippen molar-refractivity contribution < 1.29 is 29.0 Å². The highest BCUT2D eigenvalue weighted by Gasteiger charge is 2.43. The number of aryl methyl sites for hydroxylation is 2. The van der Waals surface area contributed by atoms with Gasteiger partial charge in [-0.1, -0.05) is 0 Å². The molecule has 120 valence electrons. The second kappa shape index (κ2) is 6.14. The molecule has 0 radical (unpaired) electrons. The molecule has 2 rings (SSSR count). The summed E-state index contributed by atoms with van der Waals surface area (Å²) in [6, 6.07) is 1.71. The molecule has 1 N–H and O–H groups in total. The minimum absolute atomic E-state index is 0.122. The van der Waals surface area contributed by atoms with Crippen LogP contribution in [0.1, 0.15) is 12.6 Å². The van der Waals surface area contributed by atoms with E-state index in [0.29, 0.717) is 5.82 Å². The van der Waals surface area contributed by atoms with E-state index in [9.17, 15) is 14.4 Å². The van der Waals surface area contributed by atoms with Gasteiger partial charge in [-0.15, -0.1) is 0 Å². The van der Waals surface area contributed by atoms with Crippen LogP contribution in [0, 0.1) is 6.92 Å². The van der Waals surface area contributed by atoms with E-state index in [1.165, 1.54) is 4.90 Å². The lowest BCUT2D eigenvalue weighted by molar-refractivity contribution is -0.177. The molecule has 2 heterocycles. The molecule has 0 bridgehead atoms. The van der Waals surface area contributed by atoms with Gasteiger partial charge in [0.1, 0.15) is 0 Å². The van der Waals surface area contributed by atoms with Crippen LogP contribution in [0.3, 0.4) is 0 Å². The molecule has 1 aromatic rings. The number of carboxylic acids is 1. The Bertz CT molecular complexity index is 591.